The van der Waals surface area contributed by atoms with Crippen molar-refractivity contribution < 1.29 is 14.7 Å². The van der Waals surface area contributed by atoms with Crippen LogP contribution in [0.25, 0.3) is 15.3 Å². The number of aliphatic hydroxyl groups excluding tert-OH is 1. The molecule has 0 aliphatic carbocycles. The molecule has 2 heterocycles. The molecule has 4 rings (SSSR count). The fourth-order valence-corrected chi connectivity index (χ4v) is 4.09. The number of hydrogen-bond donors (Lipinski definition) is 3. The van der Waals surface area contributed by atoms with Crippen molar-refractivity contribution in [2.45, 2.75) is 19.1 Å². The lowest BCUT2D eigenvalue weighted by Gasteiger charge is -2.16. The molecular formula is C23H22N4O3S. The van der Waals surface area contributed by atoms with E-state index < -0.39 is 12.1 Å². The Labute approximate surface area is 183 Å². The highest BCUT2D eigenvalue weighted by atomic mass is 32.1. The van der Waals surface area contributed by atoms with Crippen LogP contribution >= 0.6 is 11.3 Å². The lowest BCUT2D eigenvalue weighted by atomic mass is 10.1. The molecule has 1 unspecified atom stereocenters. The van der Waals surface area contributed by atoms with Crippen molar-refractivity contribution in [2.75, 3.05) is 6.54 Å². The van der Waals surface area contributed by atoms with Gasteiger partial charge in [0.2, 0.25) is 5.91 Å². The molecule has 3 N–H and O–H groups in total. The monoisotopic (exact) mass is 434 g/mol. The lowest BCUT2D eigenvalue weighted by molar-refractivity contribution is -0.123. The van der Waals surface area contributed by atoms with E-state index in [1.165, 1.54) is 11.3 Å². The normalized spacial score (nSPS) is 13.0. The molecule has 0 aliphatic heterocycles. The summed E-state index contributed by atoms with van der Waals surface area (Å²) in [5, 5.41) is 16.4. The van der Waals surface area contributed by atoms with Gasteiger partial charge in [-0.3, -0.25) is 9.59 Å². The topological polar surface area (TPSA) is 96.2 Å². The van der Waals surface area contributed by atoms with Gasteiger partial charge in [0.1, 0.15) is 6.04 Å². The zero-order valence-electron chi connectivity index (χ0n) is 16.9. The third-order valence-electron chi connectivity index (χ3n) is 4.86. The van der Waals surface area contributed by atoms with E-state index in [1.807, 2.05) is 47.3 Å². The molecule has 2 aromatic heterocycles. The van der Waals surface area contributed by atoms with Gasteiger partial charge in [0.05, 0.1) is 16.3 Å². The number of amides is 2. The van der Waals surface area contributed by atoms with E-state index >= 15 is 0 Å². The number of carbonyl (C=O) groups excluding carboxylic acids is 2. The summed E-state index contributed by atoms with van der Waals surface area (Å²) in [6, 6.07) is 17.5. The summed E-state index contributed by atoms with van der Waals surface area (Å²) in [4.78, 5) is 29.6. The van der Waals surface area contributed by atoms with Gasteiger partial charge in [-0.2, -0.15) is 0 Å². The second kappa shape index (κ2) is 9.11. The maximum atomic E-state index is 12.6. The summed E-state index contributed by atoms with van der Waals surface area (Å²) < 4.78 is 2.81. The first-order chi connectivity index (χ1) is 15.0. The second-order valence-corrected chi connectivity index (χ2v) is 8.15. The van der Waals surface area contributed by atoms with Gasteiger partial charge in [0, 0.05) is 24.5 Å². The molecule has 0 radical (unpaired) electrons. The van der Waals surface area contributed by atoms with Crippen molar-refractivity contribution in [3.8, 4) is 5.13 Å². The molecule has 0 fully saturated rings. The summed E-state index contributed by atoms with van der Waals surface area (Å²) in [6.45, 7) is 1.68. The molecule has 0 bridgehead atoms. The van der Waals surface area contributed by atoms with Crippen LogP contribution in [-0.2, 0) is 4.79 Å². The van der Waals surface area contributed by atoms with Crippen molar-refractivity contribution in [1.82, 2.24) is 20.2 Å². The first kappa shape index (κ1) is 20.8. The minimum absolute atomic E-state index is 0.0675. The number of aromatic nitrogens is 2. The van der Waals surface area contributed by atoms with Crippen LogP contribution in [0, 0.1) is 0 Å². The SMILES string of the molecule is C[C@@H](NC(=O)c1ccc2nc(-n3cccc3)sc2c1)C(=O)NCC(O)c1ccccc1. The third-order valence-corrected chi connectivity index (χ3v) is 5.89. The number of thiazole rings is 1. The van der Waals surface area contributed by atoms with E-state index in [2.05, 4.69) is 15.6 Å². The summed E-state index contributed by atoms with van der Waals surface area (Å²) in [7, 11) is 0. The molecule has 0 saturated carbocycles. The second-order valence-electron chi connectivity index (χ2n) is 7.14. The molecule has 0 spiro atoms. The Morgan fingerprint density at radius 2 is 1.84 bits per heavy atom. The number of hydrogen-bond acceptors (Lipinski definition) is 5. The van der Waals surface area contributed by atoms with Crippen LogP contribution in [0.4, 0.5) is 0 Å². The van der Waals surface area contributed by atoms with Crippen molar-refractivity contribution >= 4 is 33.4 Å². The van der Waals surface area contributed by atoms with Crippen LogP contribution in [0.5, 0.6) is 0 Å². The zero-order chi connectivity index (χ0) is 21.8. The Hall–Kier alpha value is -3.49. The standard InChI is InChI=1S/C23H22N4O3S/c1-15(21(29)24-14-19(28)16-7-3-2-4-8-16)25-22(30)17-9-10-18-20(13-17)31-23(26-18)27-11-5-6-12-27/h2-13,15,19,28H,14H2,1H3,(H,24,29)(H,25,30)/t15-,19?/m1/s1. The van der Waals surface area contributed by atoms with E-state index in [9.17, 15) is 14.7 Å². The van der Waals surface area contributed by atoms with Gasteiger partial charge in [-0.1, -0.05) is 41.7 Å². The van der Waals surface area contributed by atoms with Gasteiger partial charge in [0.25, 0.3) is 5.91 Å². The fourth-order valence-electron chi connectivity index (χ4n) is 3.12. The average molecular weight is 435 g/mol. The van der Waals surface area contributed by atoms with E-state index in [0.29, 0.717) is 5.56 Å². The van der Waals surface area contributed by atoms with Crippen LogP contribution < -0.4 is 10.6 Å². The molecule has 2 amide bonds. The molecule has 0 saturated heterocycles. The summed E-state index contributed by atoms with van der Waals surface area (Å²) in [6.07, 6.45) is 3.03. The van der Waals surface area contributed by atoms with Crippen molar-refractivity contribution in [1.29, 1.82) is 0 Å². The molecule has 7 nitrogen and oxygen atoms in total. The Balaban J connectivity index is 1.36. The van der Waals surface area contributed by atoms with Crippen LogP contribution in [0.2, 0.25) is 0 Å². The maximum absolute atomic E-state index is 12.6. The van der Waals surface area contributed by atoms with E-state index in [-0.39, 0.29) is 18.4 Å². The van der Waals surface area contributed by atoms with Gasteiger partial charge < -0.3 is 20.3 Å². The first-order valence-electron chi connectivity index (χ1n) is 9.87. The Kier molecular flexibility index (Phi) is 6.11. The zero-order valence-corrected chi connectivity index (χ0v) is 17.7. The largest absolute Gasteiger partial charge is 0.387 e. The van der Waals surface area contributed by atoms with E-state index in [4.69, 9.17) is 0 Å². The molecule has 2 atom stereocenters. The van der Waals surface area contributed by atoms with Crippen molar-refractivity contribution in [3.63, 3.8) is 0 Å². The van der Waals surface area contributed by atoms with Crippen molar-refractivity contribution in [3.05, 3.63) is 84.2 Å². The number of nitrogens with one attached hydrogen (secondary N) is 2. The minimum atomic E-state index is -0.809. The quantitative estimate of drug-likeness (QED) is 0.417. The molecule has 4 aromatic rings. The highest BCUT2D eigenvalue weighted by Gasteiger charge is 2.18. The summed E-state index contributed by atoms with van der Waals surface area (Å²) in [5.74, 6) is -0.707. The number of nitrogens with zero attached hydrogens (tertiary/aromatic N) is 2. The van der Waals surface area contributed by atoms with Crippen LogP contribution in [0.15, 0.2) is 73.1 Å². The molecule has 31 heavy (non-hydrogen) atoms. The molecule has 8 heteroatoms. The minimum Gasteiger partial charge on any atom is -0.387 e. The number of rotatable bonds is 7. The summed E-state index contributed by atoms with van der Waals surface area (Å²) in [5.41, 5.74) is 1.99. The lowest BCUT2D eigenvalue weighted by Crippen LogP contribution is -2.45. The maximum Gasteiger partial charge on any atom is 0.251 e. The van der Waals surface area contributed by atoms with Crippen LogP contribution in [-0.4, -0.2) is 39.1 Å². The third kappa shape index (κ3) is 4.82. The van der Waals surface area contributed by atoms with Crippen LogP contribution in [0.3, 0.4) is 0 Å². The average Bonchev–Trinajstić information content (AvgIpc) is 3.46. The van der Waals surface area contributed by atoms with E-state index in [1.54, 1.807) is 37.3 Å². The smallest absolute Gasteiger partial charge is 0.251 e. The van der Waals surface area contributed by atoms with Crippen LogP contribution in [0.1, 0.15) is 28.9 Å². The Morgan fingerprint density at radius 1 is 1.10 bits per heavy atom. The Morgan fingerprint density at radius 3 is 2.58 bits per heavy atom. The first-order valence-corrected chi connectivity index (χ1v) is 10.7. The van der Waals surface area contributed by atoms with Gasteiger partial charge in [-0.15, -0.1) is 0 Å². The summed E-state index contributed by atoms with van der Waals surface area (Å²) >= 11 is 1.49. The number of aliphatic hydroxyl groups is 1. The van der Waals surface area contributed by atoms with Gasteiger partial charge in [-0.05, 0) is 42.8 Å². The molecule has 158 valence electrons. The predicted molar refractivity (Wildman–Crippen MR) is 120 cm³/mol. The van der Waals surface area contributed by atoms with Gasteiger partial charge in [0.15, 0.2) is 5.13 Å². The number of benzene rings is 2. The Bertz CT molecular complexity index is 1190. The van der Waals surface area contributed by atoms with Gasteiger partial charge >= 0.3 is 0 Å². The molecule has 0 aliphatic rings. The molecular weight excluding hydrogens is 412 g/mol. The predicted octanol–water partition coefficient (Wildman–Crippen LogP) is 3.06. The highest BCUT2D eigenvalue weighted by molar-refractivity contribution is 7.20. The van der Waals surface area contributed by atoms with E-state index in [0.717, 1.165) is 20.9 Å². The molecule has 2 aromatic carbocycles. The van der Waals surface area contributed by atoms with Gasteiger partial charge in [-0.25, -0.2) is 4.98 Å². The fraction of sp³-hybridized carbons (Fsp3) is 0.174. The number of fused-ring (bicyclic) bond motifs is 1. The highest BCUT2D eigenvalue weighted by Crippen LogP contribution is 2.26. The number of carbonyl (C=O) groups is 2. The van der Waals surface area contributed by atoms with Crippen molar-refractivity contribution in [2.24, 2.45) is 0 Å².